The molecule has 0 aromatic heterocycles. The van der Waals surface area contributed by atoms with Crippen LogP contribution in [0, 0.1) is 0 Å². The van der Waals surface area contributed by atoms with Gasteiger partial charge in [0, 0.05) is 23.0 Å². The van der Waals surface area contributed by atoms with Crippen molar-refractivity contribution in [1.29, 1.82) is 0 Å². The van der Waals surface area contributed by atoms with Gasteiger partial charge in [-0.2, -0.15) is 0 Å². The highest BCUT2D eigenvalue weighted by atomic mass is 32.2. The van der Waals surface area contributed by atoms with Crippen molar-refractivity contribution in [3.63, 3.8) is 0 Å². The number of hydrogen-bond acceptors (Lipinski definition) is 5. The first-order valence-corrected chi connectivity index (χ1v) is 10.1. The fourth-order valence-corrected chi connectivity index (χ4v) is 3.70. The van der Waals surface area contributed by atoms with Crippen LogP contribution in [0.2, 0.25) is 0 Å². The lowest BCUT2D eigenvalue weighted by atomic mass is 10.2. The van der Waals surface area contributed by atoms with Gasteiger partial charge in [-0.1, -0.05) is 18.2 Å². The summed E-state index contributed by atoms with van der Waals surface area (Å²) in [7, 11) is -0.642. The molecule has 2 N–H and O–H groups in total. The SMILES string of the molecule is COc1ccc(NC(=O)c2ccc(NS(=O)(=O)c3ccccc3)cc2)cc1OC. The molecule has 150 valence electrons. The Morgan fingerprint density at radius 1 is 0.793 bits per heavy atom. The molecule has 3 rings (SSSR count). The summed E-state index contributed by atoms with van der Waals surface area (Å²) in [6, 6.07) is 19.2. The number of hydrogen-bond donors (Lipinski definition) is 2. The molecule has 0 fully saturated rings. The van der Waals surface area contributed by atoms with Crippen LogP contribution < -0.4 is 19.5 Å². The average molecular weight is 412 g/mol. The van der Waals surface area contributed by atoms with Gasteiger partial charge in [-0.25, -0.2) is 8.42 Å². The van der Waals surface area contributed by atoms with Crippen LogP contribution in [-0.4, -0.2) is 28.5 Å². The third kappa shape index (κ3) is 4.85. The molecule has 3 aromatic carbocycles. The molecule has 0 aliphatic rings. The third-order valence-corrected chi connectivity index (χ3v) is 5.49. The normalized spacial score (nSPS) is 10.8. The van der Waals surface area contributed by atoms with Crippen LogP contribution in [0.25, 0.3) is 0 Å². The number of carbonyl (C=O) groups excluding carboxylic acids is 1. The third-order valence-electron chi connectivity index (χ3n) is 4.09. The second-order valence-electron chi connectivity index (χ2n) is 6.02. The molecule has 0 bridgehead atoms. The van der Waals surface area contributed by atoms with Gasteiger partial charge in [-0.15, -0.1) is 0 Å². The van der Waals surface area contributed by atoms with Crippen molar-refractivity contribution >= 4 is 27.3 Å². The topological polar surface area (TPSA) is 93.7 Å². The Hall–Kier alpha value is -3.52. The smallest absolute Gasteiger partial charge is 0.261 e. The Labute approximate surface area is 169 Å². The van der Waals surface area contributed by atoms with Crippen LogP contribution in [0.3, 0.4) is 0 Å². The number of anilines is 2. The van der Waals surface area contributed by atoms with E-state index in [0.29, 0.717) is 28.4 Å². The molecule has 8 heteroatoms. The predicted molar refractivity (Wildman–Crippen MR) is 111 cm³/mol. The van der Waals surface area contributed by atoms with Crippen molar-refractivity contribution < 1.29 is 22.7 Å². The van der Waals surface area contributed by atoms with Crippen molar-refractivity contribution in [3.05, 3.63) is 78.4 Å². The maximum Gasteiger partial charge on any atom is 0.261 e. The number of benzene rings is 3. The molecule has 7 nitrogen and oxygen atoms in total. The van der Waals surface area contributed by atoms with Gasteiger partial charge in [0.2, 0.25) is 0 Å². The minimum Gasteiger partial charge on any atom is -0.493 e. The van der Waals surface area contributed by atoms with Gasteiger partial charge in [-0.3, -0.25) is 9.52 Å². The minimum atomic E-state index is -3.69. The zero-order chi connectivity index (χ0) is 20.9. The first kappa shape index (κ1) is 20.2. The first-order valence-electron chi connectivity index (χ1n) is 8.64. The van der Waals surface area contributed by atoms with Crippen LogP contribution in [0.1, 0.15) is 10.4 Å². The van der Waals surface area contributed by atoms with Gasteiger partial charge in [0.1, 0.15) is 0 Å². The molecule has 0 atom stereocenters. The molecule has 29 heavy (non-hydrogen) atoms. The van der Waals surface area contributed by atoms with E-state index < -0.39 is 10.0 Å². The maximum absolute atomic E-state index is 12.5. The Balaban J connectivity index is 1.71. The molecule has 0 aliphatic carbocycles. The zero-order valence-electron chi connectivity index (χ0n) is 15.9. The molecule has 0 heterocycles. The molecule has 0 spiro atoms. The van der Waals surface area contributed by atoms with Crippen molar-refractivity contribution in [1.82, 2.24) is 0 Å². The summed E-state index contributed by atoms with van der Waals surface area (Å²) in [6.45, 7) is 0. The Morgan fingerprint density at radius 2 is 1.41 bits per heavy atom. The number of rotatable bonds is 7. The number of ether oxygens (including phenoxy) is 2. The Kier molecular flexibility index (Phi) is 6.04. The van der Waals surface area contributed by atoms with Crippen LogP contribution >= 0.6 is 0 Å². The lowest BCUT2D eigenvalue weighted by molar-refractivity contribution is 0.102. The zero-order valence-corrected chi connectivity index (χ0v) is 16.7. The second kappa shape index (κ2) is 8.66. The van der Waals surface area contributed by atoms with Crippen LogP contribution in [0.15, 0.2) is 77.7 Å². The van der Waals surface area contributed by atoms with Gasteiger partial charge in [0.25, 0.3) is 15.9 Å². The Morgan fingerprint density at radius 3 is 2.03 bits per heavy atom. The minimum absolute atomic E-state index is 0.162. The summed E-state index contributed by atoms with van der Waals surface area (Å²) >= 11 is 0. The summed E-state index contributed by atoms with van der Waals surface area (Å²) in [5, 5.41) is 2.76. The lowest BCUT2D eigenvalue weighted by Crippen LogP contribution is -2.14. The summed E-state index contributed by atoms with van der Waals surface area (Å²) in [5.41, 5.74) is 1.28. The molecular weight excluding hydrogens is 392 g/mol. The Bertz CT molecular complexity index is 1100. The summed E-state index contributed by atoms with van der Waals surface area (Å²) in [4.78, 5) is 12.6. The highest BCUT2D eigenvalue weighted by molar-refractivity contribution is 7.92. The van der Waals surface area contributed by atoms with E-state index in [1.54, 1.807) is 48.5 Å². The molecule has 0 aliphatic heterocycles. The predicted octanol–water partition coefficient (Wildman–Crippen LogP) is 3.76. The quantitative estimate of drug-likeness (QED) is 0.616. The van der Waals surface area contributed by atoms with Gasteiger partial charge in [0.15, 0.2) is 11.5 Å². The summed E-state index contributed by atoms with van der Waals surface area (Å²) in [5.74, 6) is 0.714. The maximum atomic E-state index is 12.5. The van der Waals surface area contributed by atoms with Crippen molar-refractivity contribution in [3.8, 4) is 11.5 Å². The van der Waals surface area contributed by atoms with E-state index in [2.05, 4.69) is 10.0 Å². The van der Waals surface area contributed by atoms with E-state index in [9.17, 15) is 13.2 Å². The van der Waals surface area contributed by atoms with Gasteiger partial charge >= 0.3 is 0 Å². The van der Waals surface area contributed by atoms with Crippen molar-refractivity contribution in [2.24, 2.45) is 0 Å². The number of nitrogens with one attached hydrogen (secondary N) is 2. The first-order chi connectivity index (χ1) is 13.9. The molecular formula is C21H20N2O5S. The van der Waals surface area contributed by atoms with E-state index in [1.165, 1.54) is 38.5 Å². The van der Waals surface area contributed by atoms with Crippen molar-refractivity contribution in [2.45, 2.75) is 4.90 Å². The van der Waals surface area contributed by atoms with Crippen LogP contribution in [0.5, 0.6) is 11.5 Å². The van der Waals surface area contributed by atoms with Crippen LogP contribution in [0.4, 0.5) is 11.4 Å². The molecule has 0 saturated heterocycles. The largest absolute Gasteiger partial charge is 0.493 e. The van der Waals surface area contributed by atoms with E-state index in [4.69, 9.17) is 9.47 Å². The molecule has 0 unspecified atom stereocenters. The number of sulfonamides is 1. The van der Waals surface area contributed by atoms with Gasteiger partial charge in [-0.05, 0) is 48.5 Å². The average Bonchev–Trinajstić information content (AvgIpc) is 2.74. The van der Waals surface area contributed by atoms with Gasteiger partial charge < -0.3 is 14.8 Å². The molecule has 0 saturated carbocycles. The number of methoxy groups -OCH3 is 2. The van der Waals surface area contributed by atoms with Crippen molar-refractivity contribution in [2.75, 3.05) is 24.3 Å². The second-order valence-corrected chi connectivity index (χ2v) is 7.70. The highest BCUT2D eigenvalue weighted by Crippen LogP contribution is 2.30. The van der Waals surface area contributed by atoms with E-state index in [-0.39, 0.29) is 10.8 Å². The summed E-state index contributed by atoms with van der Waals surface area (Å²) < 4.78 is 37.6. The van der Waals surface area contributed by atoms with E-state index in [1.807, 2.05) is 0 Å². The fraction of sp³-hybridized carbons (Fsp3) is 0.0952. The highest BCUT2D eigenvalue weighted by Gasteiger charge is 2.14. The molecule has 1 amide bonds. The van der Waals surface area contributed by atoms with Gasteiger partial charge in [0.05, 0.1) is 19.1 Å². The summed E-state index contributed by atoms with van der Waals surface area (Å²) in [6.07, 6.45) is 0. The standard InChI is InChI=1S/C21H20N2O5S/c1-27-19-13-12-17(14-20(19)28-2)22-21(24)15-8-10-16(11-9-15)23-29(25,26)18-6-4-3-5-7-18/h3-14,23H,1-2H3,(H,22,24). The van der Waals surface area contributed by atoms with Crippen LogP contribution in [-0.2, 0) is 10.0 Å². The molecule has 0 radical (unpaired) electrons. The number of amides is 1. The van der Waals surface area contributed by atoms with E-state index >= 15 is 0 Å². The molecule has 3 aromatic rings. The van der Waals surface area contributed by atoms with E-state index in [0.717, 1.165) is 0 Å². The number of carbonyl (C=O) groups is 1. The lowest BCUT2D eigenvalue weighted by Gasteiger charge is -2.11. The monoisotopic (exact) mass is 412 g/mol. The fourth-order valence-electron chi connectivity index (χ4n) is 2.62.